The number of piperidine rings is 2. The van der Waals surface area contributed by atoms with Gasteiger partial charge in [0, 0.05) is 29.5 Å². The molecule has 0 amide bonds. The second-order valence-corrected chi connectivity index (χ2v) is 10.5. The lowest BCUT2D eigenvalue weighted by Gasteiger charge is -2.66. The summed E-state index contributed by atoms with van der Waals surface area (Å²) in [6, 6.07) is 0.538. The molecule has 24 heavy (non-hydrogen) atoms. The molecule has 0 aromatic rings. The van der Waals surface area contributed by atoms with Crippen molar-refractivity contribution in [2.24, 2.45) is 39.9 Å². The van der Waals surface area contributed by atoms with Gasteiger partial charge in [0.1, 0.15) is 0 Å². The van der Waals surface area contributed by atoms with E-state index < -0.39 is 17.6 Å². The van der Waals surface area contributed by atoms with Crippen LogP contribution in [0.15, 0.2) is 12.2 Å². The Morgan fingerprint density at radius 2 is 1.96 bits per heavy atom. The maximum Gasteiger partial charge on any atom is 0.0837 e. The van der Waals surface area contributed by atoms with Gasteiger partial charge in [0.25, 0.3) is 0 Å². The minimum absolute atomic E-state index is 0.0732. The Kier molecular flexibility index (Phi) is 1.95. The number of fused-ring (bicyclic) bond motifs is 1. The van der Waals surface area contributed by atoms with Crippen LogP contribution in [0, 0.1) is 39.9 Å². The quantitative estimate of drug-likeness (QED) is 0.574. The molecule has 0 aromatic heterocycles. The molecule has 4 unspecified atom stereocenters. The summed E-state index contributed by atoms with van der Waals surface area (Å²) >= 11 is 0. The Bertz CT molecular complexity index is 709. The predicted octanol–water partition coefficient (Wildman–Crippen LogP) is 0.764. The van der Waals surface area contributed by atoms with E-state index in [0.29, 0.717) is 23.8 Å². The standard InChI is InChI=1S/C20H27NO3/c1-8-9-5-10-15-20-11(6-9)19(10,16(8)23)17(24)13-14(20)18(2,7-21(13)15)4-3-12(20)22/h9-17,22-24H,1,3-7H2,2H3/t9-,10-,11?,12+,13?,14?,15+,16+,17+,18-,19-,20-/m0/s1. The Labute approximate surface area is 142 Å². The average Bonchev–Trinajstić information content (AvgIpc) is 3.03. The van der Waals surface area contributed by atoms with Crippen molar-refractivity contribution in [2.45, 2.75) is 63.0 Å². The van der Waals surface area contributed by atoms with Crippen molar-refractivity contribution in [1.29, 1.82) is 0 Å². The van der Waals surface area contributed by atoms with Gasteiger partial charge in [0.05, 0.1) is 18.3 Å². The third kappa shape index (κ3) is 0.903. The fourth-order valence-corrected chi connectivity index (χ4v) is 10.3. The summed E-state index contributed by atoms with van der Waals surface area (Å²) in [6.45, 7) is 7.70. The molecule has 3 saturated heterocycles. The van der Waals surface area contributed by atoms with Crippen molar-refractivity contribution >= 4 is 0 Å². The van der Waals surface area contributed by atoms with Gasteiger partial charge in [0.15, 0.2) is 0 Å². The fourth-order valence-electron chi connectivity index (χ4n) is 10.3. The molecule has 2 spiro atoms. The van der Waals surface area contributed by atoms with Gasteiger partial charge in [-0.25, -0.2) is 0 Å². The summed E-state index contributed by atoms with van der Waals surface area (Å²) in [5.74, 6) is 1.42. The molecule has 4 nitrogen and oxygen atoms in total. The lowest BCUT2D eigenvalue weighted by atomic mass is 9.39. The van der Waals surface area contributed by atoms with Gasteiger partial charge in [-0.3, -0.25) is 4.90 Å². The summed E-state index contributed by atoms with van der Waals surface area (Å²) in [4.78, 5) is 2.60. The van der Waals surface area contributed by atoms with Gasteiger partial charge in [-0.1, -0.05) is 13.5 Å². The number of hydrogen-bond donors (Lipinski definition) is 3. The molecule has 6 aliphatic carbocycles. The average molecular weight is 329 g/mol. The summed E-state index contributed by atoms with van der Waals surface area (Å²) in [6.07, 6.45) is 2.80. The number of aliphatic hydroxyl groups is 3. The van der Waals surface area contributed by atoms with Crippen LogP contribution in [0.1, 0.15) is 32.6 Å². The van der Waals surface area contributed by atoms with Crippen molar-refractivity contribution in [3.63, 3.8) is 0 Å². The SMILES string of the molecule is C=C1[C@@H]2CC3[C@]45C6C7[C@@H](O)[C@@]3([C@@H]1O)[C@@H](C2)[C@H]4N7C[C@]6(C)CC[C@H]5O. The summed E-state index contributed by atoms with van der Waals surface area (Å²) in [5.41, 5.74) is 0.714. The minimum Gasteiger partial charge on any atom is -0.392 e. The second-order valence-electron chi connectivity index (χ2n) is 10.5. The van der Waals surface area contributed by atoms with Crippen molar-refractivity contribution in [3.05, 3.63) is 12.2 Å². The Morgan fingerprint density at radius 1 is 1.17 bits per heavy atom. The van der Waals surface area contributed by atoms with Gasteiger partial charge in [-0.05, 0) is 60.3 Å². The number of rotatable bonds is 0. The molecule has 3 heterocycles. The molecule has 9 aliphatic rings. The van der Waals surface area contributed by atoms with E-state index in [-0.39, 0.29) is 28.9 Å². The number of aliphatic hydroxyl groups excluding tert-OH is 3. The molecule has 9 rings (SSSR count). The Balaban J connectivity index is 1.57. The molecule has 9 bridgehead atoms. The van der Waals surface area contributed by atoms with Crippen LogP contribution in [0.25, 0.3) is 0 Å². The van der Waals surface area contributed by atoms with Gasteiger partial charge < -0.3 is 15.3 Å². The predicted molar refractivity (Wildman–Crippen MR) is 86.8 cm³/mol. The van der Waals surface area contributed by atoms with Crippen LogP contribution in [0.5, 0.6) is 0 Å². The smallest absolute Gasteiger partial charge is 0.0837 e. The topological polar surface area (TPSA) is 63.9 Å². The monoisotopic (exact) mass is 329 g/mol. The molecule has 130 valence electrons. The normalized spacial score (nSPS) is 76.1. The molecule has 3 N–H and O–H groups in total. The van der Waals surface area contributed by atoms with Gasteiger partial charge >= 0.3 is 0 Å². The van der Waals surface area contributed by atoms with Crippen LogP contribution < -0.4 is 0 Å². The van der Waals surface area contributed by atoms with Gasteiger partial charge in [-0.2, -0.15) is 0 Å². The Morgan fingerprint density at radius 3 is 2.75 bits per heavy atom. The first-order valence-electron chi connectivity index (χ1n) is 9.88. The van der Waals surface area contributed by atoms with Crippen molar-refractivity contribution in [3.8, 4) is 0 Å². The van der Waals surface area contributed by atoms with Crippen molar-refractivity contribution in [2.75, 3.05) is 6.54 Å². The molecular weight excluding hydrogens is 302 g/mol. The first-order chi connectivity index (χ1) is 11.4. The van der Waals surface area contributed by atoms with Crippen LogP contribution >= 0.6 is 0 Å². The highest BCUT2D eigenvalue weighted by Crippen LogP contribution is 2.86. The highest BCUT2D eigenvalue weighted by Gasteiger charge is 2.92. The van der Waals surface area contributed by atoms with E-state index in [9.17, 15) is 15.3 Å². The van der Waals surface area contributed by atoms with E-state index in [4.69, 9.17) is 0 Å². The molecule has 3 aliphatic heterocycles. The van der Waals surface area contributed by atoms with Crippen LogP contribution in [0.3, 0.4) is 0 Å². The molecule has 4 heteroatoms. The molecular formula is C20H27NO3. The van der Waals surface area contributed by atoms with E-state index in [1.165, 1.54) is 0 Å². The van der Waals surface area contributed by atoms with E-state index in [0.717, 1.165) is 37.8 Å². The highest BCUT2D eigenvalue weighted by atomic mass is 16.3. The summed E-state index contributed by atoms with van der Waals surface area (Å²) < 4.78 is 0. The van der Waals surface area contributed by atoms with Crippen LogP contribution in [-0.4, -0.2) is 57.2 Å². The largest absolute Gasteiger partial charge is 0.392 e. The van der Waals surface area contributed by atoms with Gasteiger partial charge in [0.2, 0.25) is 0 Å². The third-order valence-electron chi connectivity index (χ3n) is 10.5. The summed E-state index contributed by atoms with van der Waals surface area (Å²) in [7, 11) is 0. The van der Waals surface area contributed by atoms with E-state index in [1.54, 1.807) is 0 Å². The number of hydrogen-bond acceptors (Lipinski definition) is 4. The lowest BCUT2D eigenvalue weighted by Crippen LogP contribution is -2.72. The fraction of sp³-hybridized carbons (Fsp3) is 0.900. The zero-order valence-corrected chi connectivity index (χ0v) is 14.2. The van der Waals surface area contributed by atoms with Crippen LogP contribution in [0.2, 0.25) is 0 Å². The molecule has 6 saturated carbocycles. The first kappa shape index (κ1) is 13.7. The number of nitrogens with zero attached hydrogens (tertiary/aromatic N) is 1. The van der Waals surface area contributed by atoms with E-state index in [1.807, 2.05) is 0 Å². The molecule has 9 fully saturated rings. The maximum absolute atomic E-state index is 11.6. The molecule has 0 aromatic carbocycles. The second kappa shape index (κ2) is 3.40. The third-order valence-corrected chi connectivity index (χ3v) is 10.5. The summed E-state index contributed by atoms with van der Waals surface area (Å²) in [5, 5.41) is 34.1. The van der Waals surface area contributed by atoms with E-state index in [2.05, 4.69) is 18.4 Å². The Hall–Kier alpha value is -0.420. The van der Waals surface area contributed by atoms with Crippen molar-refractivity contribution < 1.29 is 15.3 Å². The minimum atomic E-state index is -0.569. The highest BCUT2D eigenvalue weighted by molar-refractivity contribution is 5.45. The van der Waals surface area contributed by atoms with Crippen molar-refractivity contribution in [1.82, 2.24) is 4.90 Å². The van der Waals surface area contributed by atoms with E-state index >= 15 is 0 Å². The lowest BCUT2D eigenvalue weighted by molar-refractivity contribution is -0.240. The maximum atomic E-state index is 11.6. The first-order valence-corrected chi connectivity index (χ1v) is 9.88. The zero-order chi connectivity index (χ0) is 16.4. The van der Waals surface area contributed by atoms with Crippen LogP contribution in [0.4, 0.5) is 0 Å². The molecule has 13 atom stereocenters. The zero-order valence-electron chi connectivity index (χ0n) is 14.2. The van der Waals surface area contributed by atoms with Crippen LogP contribution in [-0.2, 0) is 0 Å². The van der Waals surface area contributed by atoms with Gasteiger partial charge in [-0.15, -0.1) is 0 Å². The molecule has 0 radical (unpaired) electrons.